The van der Waals surface area contributed by atoms with E-state index in [0.717, 1.165) is 12.8 Å². The fourth-order valence-corrected chi connectivity index (χ4v) is 8.90. The van der Waals surface area contributed by atoms with E-state index < -0.39 is 53.0 Å². The van der Waals surface area contributed by atoms with Crippen LogP contribution in [0.25, 0.3) is 22.3 Å². The number of thiazole rings is 1. The number of methoxy groups -OCH3 is 3. The average molecular weight is 796 g/mol. The van der Waals surface area contributed by atoms with E-state index in [2.05, 4.69) is 22.2 Å². The number of carbonyl (C=O) groups is 4. The van der Waals surface area contributed by atoms with Gasteiger partial charge in [-0.2, -0.15) is 0 Å². The number of pyridine rings is 1. The molecule has 4 fully saturated rings. The molecule has 294 valence electrons. The quantitative estimate of drug-likeness (QED) is 0.174. The summed E-state index contributed by atoms with van der Waals surface area (Å²) in [6, 6.07) is 3.08. The number of alkyl carbamates (subject to hydrolysis) is 1. The van der Waals surface area contributed by atoms with E-state index in [1.807, 2.05) is 20.8 Å². The topological polar surface area (TPSA) is 168 Å². The molecule has 3 aromatic rings. The van der Waals surface area contributed by atoms with Crippen molar-refractivity contribution < 1.29 is 42.9 Å². The number of amides is 3. The van der Waals surface area contributed by atoms with E-state index in [9.17, 15) is 19.2 Å². The van der Waals surface area contributed by atoms with Crippen LogP contribution < -0.4 is 24.8 Å². The Labute approximate surface area is 328 Å². The van der Waals surface area contributed by atoms with Crippen LogP contribution in [0.1, 0.15) is 52.9 Å². The third kappa shape index (κ3) is 7.52. The van der Waals surface area contributed by atoms with Gasteiger partial charge in [-0.05, 0) is 55.1 Å². The van der Waals surface area contributed by atoms with Crippen LogP contribution in [0.3, 0.4) is 0 Å². The van der Waals surface area contributed by atoms with E-state index in [0.29, 0.717) is 57.2 Å². The van der Waals surface area contributed by atoms with Gasteiger partial charge in [-0.1, -0.05) is 49.8 Å². The summed E-state index contributed by atoms with van der Waals surface area (Å²) in [4.78, 5) is 65.9. The lowest BCUT2D eigenvalue weighted by molar-refractivity contribution is -0.148. The molecule has 3 heterocycles. The van der Waals surface area contributed by atoms with Crippen molar-refractivity contribution >= 4 is 57.7 Å². The Morgan fingerprint density at radius 3 is 2.38 bits per heavy atom. The monoisotopic (exact) mass is 795 g/mol. The van der Waals surface area contributed by atoms with Gasteiger partial charge in [0.15, 0.2) is 0 Å². The van der Waals surface area contributed by atoms with E-state index in [1.165, 1.54) is 44.0 Å². The summed E-state index contributed by atoms with van der Waals surface area (Å²) in [6.07, 6.45) is 3.22. The van der Waals surface area contributed by atoms with E-state index in [1.54, 1.807) is 29.7 Å². The summed E-state index contributed by atoms with van der Waals surface area (Å²) in [5, 5.41) is 8.80. The van der Waals surface area contributed by atoms with Crippen LogP contribution >= 0.6 is 22.9 Å². The number of benzene rings is 1. The van der Waals surface area contributed by atoms with Gasteiger partial charge in [0.05, 0.1) is 39.1 Å². The second kappa shape index (κ2) is 14.8. The Morgan fingerprint density at radius 1 is 1.02 bits per heavy atom. The van der Waals surface area contributed by atoms with Gasteiger partial charge in [0.25, 0.3) is 5.19 Å². The predicted molar refractivity (Wildman–Crippen MR) is 204 cm³/mol. The number of hydrogen-bond donors (Lipinski definition) is 2. The Kier molecular flexibility index (Phi) is 10.4. The van der Waals surface area contributed by atoms with Crippen molar-refractivity contribution in [1.29, 1.82) is 0 Å². The summed E-state index contributed by atoms with van der Waals surface area (Å²) in [5.41, 5.74) is -0.679. The lowest BCUT2D eigenvalue weighted by Crippen LogP contribution is -2.59. The number of esters is 1. The third-order valence-electron chi connectivity index (χ3n) is 11.2. The first-order valence-electron chi connectivity index (χ1n) is 18.3. The van der Waals surface area contributed by atoms with E-state index in [4.69, 9.17) is 40.3 Å². The van der Waals surface area contributed by atoms with E-state index >= 15 is 0 Å². The first-order valence-corrected chi connectivity index (χ1v) is 19.6. The minimum absolute atomic E-state index is 0.0180. The lowest BCUT2D eigenvalue weighted by Gasteiger charge is -2.35. The smallest absolute Gasteiger partial charge is 0.408 e. The molecule has 3 amide bonds. The lowest BCUT2D eigenvalue weighted by atomic mass is 9.85. The summed E-state index contributed by atoms with van der Waals surface area (Å²) in [6.45, 7) is 9.30. The first kappa shape index (κ1) is 38.6. The minimum atomic E-state index is -1.30. The second-order valence-corrected chi connectivity index (χ2v) is 17.1. The molecule has 1 unspecified atom stereocenters. The van der Waals surface area contributed by atoms with Crippen LogP contribution in [0.2, 0.25) is 5.02 Å². The molecule has 0 spiro atoms. The summed E-state index contributed by atoms with van der Waals surface area (Å²) in [5.74, 6) is 0.0282. The van der Waals surface area contributed by atoms with Gasteiger partial charge in [0.2, 0.25) is 11.8 Å². The van der Waals surface area contributed by atoms with Crippen LogP contribution in [-0.2, 0) is 23.9 Å². The SMILES string of the molecule is C=C[C@@H]1C[C@]1(NC(=O)[C@@H]1C[C@@H](Oc2cc(-c3csc(OC)n3)nc3c(Cl)c(OC)ccc23)CN1C(=O)[C@@H](NC(=O)OC1C[C@@H]2C[C@@H]2C1)C(C)(C)C)C(=O)OC. The van der Waals surface area contributed by atoms with Gasteiger partial charge in [-0.3, -0.25) is 9.59 Å². The maximum atomic E-state index is 14.7. The van der Waals surface area contributed by atoms with Gasteiger partial charge in [-0.15, -0.1) is 6.58 Å². The molecule has 1 aromatic carbocycles. The number of fused-ring (bicyclic) bond motifs is 2. The van der Waals surface area contributed by atoms with Gasteiger partial charge in [0, 0.05) is 29.2 Å². The van der Waals surface area contributed by atoms with Gasteiger partial charge in [-0.25, -0.2) is 19.6 Å². The standard InChI is InChI=1S/C39H46ClN5O9S/c1-8-21-16-39(21,35(48)51-6)44-33(46)27-14-23(17-45(27)34(47)32(38(2,3)4)43-36(49)54-22-12-19-11-20(19)13-22)53-29-15-25(26-18-55-37(42-26)52-7)41-31-24(29)9-10-28(50-5)30(31)40/h8-10,15,18-23,27,32H,1,11-14,16-17H2,2-7H3,(H,43,49)(H,44,46)/t19-,20+,21-,22?,23-,27+,32-,39-/m1/s1. The Bertz CT molecular complexity index is 2030. The summed E-state index contributed by atoms with van der Waals surface area (Å²) in [7, 11) is 4.29. The van der Waals surface area contributed by atoms with E-state index in [-0.39, 0.29) is 30.0 Å². The molecule has 2 aromatic heterocycles. The molecule has 14 nitrogen and oxygen atoms in total. The molecule has 1 saturated heterocycles. The number of likely N-dealkylation sites (tertiary alicyclic amines) is 1. The number of nitrogens with one attached hydrogen (secondary N) is 2. The van der Waals surface area contributed by atoms with Crippen LogP contribution in [-0.4, -0.2) is 96.4 Å². The van der Waals surface area contributed by atoms with Crippen LogP contribution in [0, 0.1) is 23.2 Å². The molecular weight excluding hydrogens is 750 g/mol. The number of carbonyl (C=O) groups excluding carboxylic acids is 4. The van der Waals surface area contributed by atoms with Crippen molar-refractivity contribution in [3.63, 3.8) is 0 Å². The Balaban J connectivity index is 1.21. The highest BCUT2D eigenvalue weighted by molar-refractivity contribution is 7.11. The molecular formula is C39H46ClN5O9S. The average Bonchev–Trinajstić information content (AvgIpc) is 3.80. The Hall–Kier alpha value is -4.63. The highest BCUT2D eigenvalue weighted by Crippen LogP contribution is 2.52. The number of rotatable bonds is 12. The second-order valence-electron chi connectivity index (χ2n) is 15.9. The fraction of sp³-hybridized carbons (Fsp3) is 0.538. The zero-order chi connectivity index (χ0) is 39.4. The maximum Gasteiger partial charge on any atom is 0.408 e. The highest BCUT2D eigenvalue weighted by atomic mass is 35.5. The van der Waals surface area contributed by atoms with Gasteiger partial charge in [0.1, 0.15) is 52.0 Å². The highest BCUT2D eigenvalue weighted by Gasteiger charge is 2.62. The largest absolute Gasteiger partial charge is 0.495 e. The number of hydrogen-bond acceptors (Lipinski definition) is 12. The Morgan fingerprint density at radius 2 is 1.76 bits per heavy atom. The van der Waals surface area contributed by atoms with Crippen molar-refractivity contribution in [3.8, 4) is 28.1 Å². The number of halogens is 1. The molecule has 55 heavy (non-hydrogen) atoms. The molecule has 0 radical (unpaired) electrons. The van der Waals surface area contributed by atoms with Crippen molar-refractivity contribution in [2.24, 2.45) is 23.2 Å². The molecule has 3 aliphatic carbocycles. The third-order valence-corrected chi connectivity index (χ3v) is 12.3. The maximum absolute atomic E-state index is 14.7. The van der Waals surface area contributed by atoms with Crippen molar-refractivity contribution in [2.75, 3.05) is 27.9 Å². The molecule has 0 bridgehead atoms. The van der Waals surface area contributed by atoms with Gasteiger partial charge < -0.3 is 39.2 Å². The molecule has 3 saturated carbocycles. The number of ether oxygens (including phenoxy) is 5. The predicted octanol–water partition coefficient (Wildman–Crippen LogP) is 5.55. The van der Waals surface area contributed by atoms with Crippen molar-refractivity contribution in [2.45, 2.75) is 82.7 Å². The fourth-order valence-electron chi connectivity index (χ4n) is 7.98. The van der Waals surface area contributed by atoms with Crippen LogP contribution in [0.15, 0.2) is 36.2 Å². The van der Waals surface area contributed by atoms with Crippen molar-refractivity contribution in [3.05, 3.63) is 41.3 Å². The zero-order valence-corrected chi connectivity index (χ0v) is 33.3. The normalized spacial score (nSPS) is 27.1. The number of nitrogens with zero attached hydrogens (tertiary/aromatic N) is 3. The zero-order valence-electron chi connectivity index (χ0n) is 31.7. The molecule has 1 aliphatic heterocycles. The van der Waals surface area contributed by atoms with Crippen molar-refractivity contribution in [1.82, 2.24) is 25.5 Å². The van der Waals surface area contributed by atoms with Crippen LogP contribution in [0.4, 0.5) is 4.79 Å². The molecule has 16 heteroatoms. The summed E-state index contributed by atoms with van der Waals surface area (Å²) >= 11 is 8.08. The first-order chi connectivity index (χ1) is 26.2. The summed E-state index contributed by atoms with van der Waals surface area (Å²) < 4.78 is 28.3. The van der Waals surface area contributed by atoms with Crippen LogP contribution in [0.5, 0.6) is 16.7 Å². The minimum Gasteiger partial charge on any atom is -0.495 e. The van der Waals surface area contributed by atoms with Gasteiger partial charge >= 0.3 is 12.1 Å². The molecule has 7 rings (SSSR count). The molecule has 2 N–H and O–H groups in total. The molecule has 8 atom stereocenters. The molecule has 4 aliphatic rings. The number of aromatic nitrogens is 2.